The zero-order valence-corrected chi connectivity index (χ0v) is 31.9. The molecule has 7 rings (SSSR count). The van der Waals surface area contributed by atoms with Gasteiger partial charge in [0.15, 0.2) is 9.84 Å². The fourth-order valence-corrected chi connectivity index (χ4v) is 15.6. The first-order chi connectivity index (χ1) is 22.0. The van der Waals surface area contributed by atoms with Crippen molar-refractivity contribution in [3.8, 4) is 0 Å². The van der Waals surface area contributed by atoms with E-state index in [9.17, 15) is 13.5 Å². The summed E-state index contributed by atoms with van der Waals surface area (Å²) in [4.78, 5) is 2.34. The summed E-state index contributed by atoms with van der Waals surface area (Å²) in [6.45, 7) is 20.7. The van der Waals surface area contributed by atoms with E-state index in [0.29, 0.717) is 53.2 Å². The number of allylic oxidation sites excluding steroid dienone is 4. The molecule has 0 spiro atoms. The smallest absolute Gasteiger partial charge is 0.152 e. The third kappa shape index (κ3) is 5.41. The Morgan fingerprint density at radius 3 is 2.32 bits per heavy atom. The zero-order valence-electron chi connectivity index (χ0n) is 31.1. The molecule has 0 bridgehead atoms. The lowest BCUT2D eigenvalue weighted by molar-refractivity contribution is -0.226. The lowest BCUT2D eigenvalue weighted by Crippen LogP contribution is -2.68. The van der Waals surface area contributed by atoms with Gasteiger partial charge in [-0.15, -0.1) is 0 Å². The molecule has 0 amide bonds. The van der Waals surface area contributed by atoms with E-state index in [2.05, 4.69) is 70.8 Å². The lowest BCUT2D eigenvalue weighted by Gasteiger charge is -2.72. The van der Waals surface area contributed by atoms with Gasteiger partial charge in [0.25, 0.3) is 0 Å². The minimum absolute atomic E-state index is 0.0825. The van der Waals surface area contributed by atoms with Crippen LogP contribution in [0.25, 0.3) is 0 Å². The van der Waals surface area contributed by atoms with Crippen LogP contribution in [0.4, 0.5) is 0 Å². The van der Waals surface area contributed by atoms with Gasteiger partial charge in [-0.2, -0.15) is 0 Å². The maximum absolute atomic E-state index is 12.0. The highest BCUT2D eigenvalue weighted by molar-refractivity contribution is 7.91. The molecule has 6 aliphatic carbocycles. The van der Waals surface area contributed by atoms with Crippen molar-refractivity contribution in [2.24, 2.45) is 51.2 Å². The van der Waals surface area contributed by atoms with Crippen LogP contribution in [0, 0.1) is 51.2 Å². The fraction of sp³-hybridized carbons (Fsp3) is 0.902. The normalized spacial score (nSPS) is 46.3. The molecule has 1 aliphatic heterocycles. The molecule has 1 saturated heterocycles. The lowest BCUT2D eigenvalue weighted by atomic mass is 9.32. The van der Waals surface area contributed by atoms with Crippen LogP contribution in [-0.4, -0.2) is 67.2 Å². The van der Waals surface area contributed by atoms with Gasteiger partial charge in [0.1, 0.15) is 0 Å². The van der Waals surface area contributed by atoms with E-state index in [1.165, 1.54) is 70.6 Å². The number of nitrogens with one attached hydrogen (secondary N) is 1. The molecule has 0 aromatic heterocycles. The second kappa shape index (κ2) is 11.7. The van der Waals surface area contributed by atoms with Crippen molar-refractivity contribution in [1.82, 2.24) is 10.2 Å². The Morgan fingerprint density at radius 2 is 1.64 bits per heavy atom. The van der Waals surface area contributed by atoms with Crippen molar-refractivity contribution in [1.29, 1.82) is 0 Å². The Labute approximate surface area is 288 Å². The minimum Gasteiger partial charge on any atom is -0.390 e. The van der Waals surface area contributed by atoms with Gasteiger partial charge in [-0.05, 0) is 160 Å². The average Bonchev–Trinajstić information content (AvgIpc) is 3.39. The Kier molecular flexibility index (Phi) is 8.63. The van der Waals surface area contributed by atoms with Gasteiger partial charge >= 0.3 is 0 Å². The van der Waals surface area contributed by atoms with E-state index >= 15 is 0 Å². The highest BCUT2D eigenvalue weighted by atomic mass is 32.2. The van der Waals surface area contributed by atoms with Crippen LogP contribution in [0.3, 0.4) is 0 Å². The van der Waals surface area contributed by atoms with Crippen LogP contribution in [-0.2, 0) is 9.84 Å². The largest absolute Gasteiger partial charge is 0.390 e. The second-order valence-electron chi connectivity index (χ2n) is 19.6. The Hall–Kier alpha value is -0.690. The molecule has 2 N–H and O–H groups in total. The minimum atomic E-state index is -2.86. The van der Waals surface area contributed by atoms with Crippen LogP contribution in [0.5, 0.6) is 0 Å². The summed E-state index contributed by atoms with van der Waals surface area (Å²) in [5.74, 6) is 3.50. The third-order valence-corrected chi connectivity index (χ3v) is 18.5. The van der Waals surface area contributed by atoms with E-state index in [4.69, 9.17) is 0 Å². The van der Waals surface area contributed by atoms with Crippen molar-refractivity contribution < 1.29 is 13.5 Å². The van der Waals surface area contributed by atoms with Crippen molar-refractivity contribution in [2.75, 3.05) is 37.7 Å². The maximum Gasteiger partial charge on any atom is 0.152 e. The van der Waals surface area contributed by atoms with Crippen LogP contribution >= 0.6 is 0 Å². The van der Waals surface area contributed by atoms with E-state index in [-0.39, 0.29) is 16.4 Å². The zero-order chi connectivity index (χ0) is 33.7. The van der Waals surface area contributed by atoms with Crippen molar-refractivity contribution >= 4 is 9.84 Å². The summed E-state index contributed by atoms with van der Waals surface area (Å²) in [6, 6.07) is 0. The maximum atomic E-state index is 12.0. The molecule has 5 fully saturated rings. The van der Waals surface area contributed by atoms with Crippen molar-refractivity contribution in [3.05, 3.63) is 23.3 Å². The van der Waals surface area contributed by atoms with Crippen LogP contribution < -0.4 is 5.32 Å². The Balaban J connectivity index is 1.16. The molecule has 1 heterocycles. The van der Waals surface area contributed by atoms with E-state index in [0.717, 1.165) is 37.8 Å². The molecule has 0 aromatic rings. The molecule has 9 atom stereocenters. The van der Waals surface area contributed by atoms with Crippen LogP contribution in [0.1, 0.15) is 132 Å². The van der Waals surface area contributed by atoms with Gasteiger partial charge in [0.2, 0.25) is 0 Å². The fourth-order valence-electron chi connectivity index (χ4n) is 14.4. The summed E-state index contributed by atoms with van der Waals surface area (Å²) >= 11 is 0. The number of aliphatic hydroxyl groups is 1. The molecular weight excluding hydrogens is 601 g/mol. The number of sulfone groups is 1. The number of rotatable bonds is 6. The molecule has 6 heteroatoms. The first-order valence-electron chi connectivity index (χ1n) is 19.8. The molecule has 4 saturated carbocycles. The van der Waals surface area contributed by atoms with Gasteiger partial charge < -0.3 is 15.3 Å². The first kappa shape index (κ1) is 34.7. The van der Waals surface area contributed by atoms with E-state index in [1.807, 2.05) is 0 Å². The number of fused-ring (bicyclic) bond motifs is 7. The second-order valence-corrected chi connectivity index (χ2v) is 21.9. The van der Waals surface area contributed by atoms with Crippen molar-refractivity contribution in [2.45, 2.75) is 143 Å². The number of nitrogens with zero attached hydrogens (tertiary/aromatic N) is 1. The van der Waals surface area contributed by atoms with Crippen molar-refractivity contribution in [3.63, 3.8) is 0 Å². The molecule has 0 aromatic carbocycles. The summed E-state index contributed by atoms with van der Waals surface area (Å²) in [5.41, 5.74) is 3.92. The predicted octanol–water partition coefficient (Wildman–Crippen LogP) is 7.95. The van der Waals surface area contributed by atoms with Gasteiger partial charge in [0, 0.05) is 31.7 Å². The molecule has 47 heavy (non-hydrogen) atoms. The predicted molar refractivity (Wildman–Crippen MR) is 194 cm³/mol. The van der Waals surface area contributed by atoms with E-state index in [1.54, 1.807) is 11.1 Å². The van der Waals surface area contributed by atoms with Gasteiger partial charge in [-0.25, -0.2) is 8.42 Å². The molecule has 9 unspecified atom stereocenters. The van der Waals surface area contributed by atoms with Gasteiger partial charge in [0.05, 0.1) is 17.1 Å². The average molecular weight is 669 g/mol. The number of hydrogen-bond donors (Lipinski definition) is 2. The summed E-state index contributed by atoms with van der Waals surface area (Å²) in [7, 11) is -2.86. The molecule has 266 valence electrons. The Morgan fingerprint density at radius 1 is 0.894 bits per heavy atom. The summed E-state index contributed by atoms with van der Waals surface area (Å²) in [6.07, 6.45) is 21.9. The SMILES string of the molecule is CC(C)(O)C1CCC2(NCCN3CCS(=O)(=O)CC3)CCC3(C)C(CCC4C5(C)CC=C(C6=CCCCC6)C(C)(C)C5CCC43C)C12. The van der Waals surface area contributed by atoms with Crippen LogP contribution in [0.15, 0.2) is 23.3 Å². The highest BCUT2D eigenvalue weighted by Crippen LogP contribution is 2.76. The van der Waals surface area contributed by atoms with Gasteiger partial charge in [-0.1, -0.05) is 46.8 Å². The third-order valence-electron chi connectivity index (χ3n) is 16.9. The topological polar surface area (TPSA) is 69.6 Å². The monoisotopic (exact) mass is 668 g/mol. The summed E-state index contributed by atoms with van der Waals surface area (Å²) in [5, 5.41) is 15.9. The molecule has 0 radical (unpaired) electrons. The quantitative estimate of drug-likeness (QED) is 0.301. The summed E-state index contributed by atoms with van der Waals surface area (Å²) < 4.78 is 24.0. The molecule has 5 nitrogen and oxygen atoms in total. The Bertz CT molecular complexity index is 1380. The van der Waals surface area contributed by atoms with E-state index < -0.39 is 15.4 Å². The molecule has 7 aliphatic rings. The van der Waals surface area contributed by atoms with Crippen LogP contribution in [0.2, 0.25) is 0 Å². The standard InChI is InChI=1S/C41H68N2O3S/c1-36(2)30(29-11-9-8-10-12-29)15-18-38(5)33(36)17-19-40(7)34(38)14-13-32-35-31(37(3,4)44)16-20-41(35,22-21-39(32,40)6)42-23-24-43-25-27-47(45,46)28-26-43/h11,15,31-35,42,44H,8-10,12-14,16-28H2,1-7H3. The molecular formula is C41H68N2O3S. The first-order valence-corrected chi connectivity index (χ1v) is 21.6. The highest BCUT2D eigenvalue weighted by Gasteiger charge is 2.71. The number of hydrogen-bond acceptors (Lipinski definition) is 5. The van der Waals surface area contributed by atoms with Gasteiger partial charge in [-0.3, -0.25) is 0 Å².